The molecule has 1 aromatic rings. The lowest BCUT2D eigenvalue weighted by atomic mass is 10.1. The van der Waals surface area contributed by atoms with Crippen molar-refractivity contribution in [1.82, 2.24) is 9.55 Å². The average molecular weight is 286 g/mol. The molecule has 0 radical (unpaired) electrons. The highest BCUT2D eigenvalue weighted by Gasteiger charge is 2.86. The largest absolute Gasteiger partial charge is 0.386 e. The third kappa shape index (κ3) is 1.28. The monoisotopic (exact) mass is 285 g/mol. The van der Waals surface area contributed by atoms with Crippen LogP contribution < -0.4 is 11.4 Å². The maximum atomic E-state index is 11.7. The third-order valence-electron chi connectivity index (χ3n) is 3.78. The number of aliphatic hydroxyl groups excluding tert-OH is 1. The predicted octanol–water partition coefficient (Wildman–Crippen LogP) is -1.01. The Morgan fingerprint density at radius 3 is 2.89 bits per heavy atom. The van der Waals surface area contributed by atoms with Crippen LogP contribution in [0.4, 0.5) is 5.82 Å². The van der Waals surface area contributed by atoms with Crippen LogP contribution in [-0.4, -0.2) is 42.4 Å². The maximum absolute atomic E-state index is 11.7. The lowest BCUT2D eigenvalue weighted by Crippen LogP contribution is -2.37. The lowest BCUT2D eigenvalue weighted by Gasteiger charge is -2.22. The number of ether oxygens (including phenoxy) is 1. The fraction of sp³-hybridized carbons (Fsp3) is 0.455. The van der Waals surface area contributed by atoms with E-state index < -0.39 is 34.6 Å². The van der Waals surface area contributed by atoms with Crippen LogP contribution in [0.3, 0.4) is 0 Å². The Balaban J connectivity index is 2.02. The molecular weight excluding hydrogens is 274 g/mol. The number of fused-ring (bicyclic) bond motifs is 1. The number of aromatic nitrogens is 2. The summed E-state index contributed by atoms with van der Waals surface area (Å²) in [5.74, 6) is 0.0766. The van der Waals surface area contributed by atoms with Gasteiger partial charge in [0.05, 0.1) is 0 Å². The fourth-order valence-electron chi connectivity index (χ4n) is 2.60. The Bertz CT molecular complexity index is 620. The standard InChI is InChI=1S/C11H12ClN3O4/c1-2-10-8(16)11(10,18)6(12)7(19-10)15-4-3-5(13)14-9(15)17/h2-4,6-8,16,18H,1H2,(H2,13,14,17)/t6-,7+,8?,10+,11+/m0/s1. The van der Waals surface area contributed by atoms with Gasteiger partial charge in [-0.2, -0.15) is 4.98 Å². The van der Waals surface area contributed by atoms with Gasteiger partial charge in [0.2, 0.25) is 0 Å². The summed E-state index contributed by atoms with van der Waals surface area (Å²) in [6.45, 7) is 3.52. The first-order chi connectivity index (χ1) is 8.88. The molecule has 1 unspecified atom stereocenters. The molecule has 1 saturated heterocycles. The van der Waals surface area contributed by atoms with Crippen LogP contribution >= 0.6 is 11.6 Å². The van der Waals surface area contributed by atoms with Gasteiger partial charge >= 0.3 is 5.69 Å². The second-order valence-electron chi connectivity index (χ2n) is 4.68. The summed E-state index contributed by atoms with van der Waals surface area (Å²) in [5.41, 5.74) is 1.76. The number of aliphatic hydroxyl groups is 2. The molecule has 7 nitrogen and oxygen atoms in total. The van der Waals surface area contributed by atoms with Gasteiger partial charge in [0.25, 0.3) is 0 Å². The maximum Gasteiger partial charge on any atom is 0.351 e. The molecule has 2 fully saturated rings. The Hall–Kier alpha value is -1.41. The second kappa shape index (κ2) is 3.57. The molecule has 3 rings (SSSR count). The highest BCUT2D eigenvalue weighted by Crippen LogP contribution is 2.64. The summed E-state index contributed by atoms with van der Waals surface area (Å²) >= 11 is 6.12. The average Bonchev–Trinajstić information content (AvgIpc) is 2.73. The molecular formula is C11H12ClN3O4. The van der Waals surface area contributed by atoms with Crippen LogP contribution in [0.5, 0.6) is 0 Å². The van der Waals surface area contributed by atoms with E-state index in [0.29, 0.717) is 0 Å². The van der Waals surface area contributed by atoms with Gasteiger partial charge in [0, 0.05) is 6.20 Å². The summed E-state index contributed by atoms with van der Waals surface area (Å²) in [6.07, 6.45) is 0.563. The van der Waals surface area contributed by atoms with Crippen molar-refractivity contribution in [2.24, 2.45) is 0 Å². The molecule has 0 aromatic carbocycles. The zero-order valence-electron chi connectivity index (χ0n) is 9.73. The quantitative estimate of drug-likeness (QED) is 0.474. The molecule has 1 aliphatic carbocycles. The van der Waals surface area contributed by atoms with Crippen LogP contribution in [0.15, 0.2) is 29.7 Å². The van der Waals surface area contributed by atoms with E-state index in [1.807, 2.05) is 0 Å². The zero-order valence-corrected chi connectivity index (χ0v) is 10.5. The molecule has 2 heterocycles. The van der Waals surface area contributed by atoms with Gasteiger partial charge in [-0.15, -0.1) is 18.2 Å². The molecule has 4 N–H and O–H groups in total. The van der Waals surface area contributed by atoms with E-state index in [1.165, 1.54) is 18.3 Å². The summed E-state index contributed by atoms with van der Waals surface area (Å²) in [7, 11) is 0. The Morgan fingerprint density at radius 2 is 2.37 bits per heavy atom. The molecule has 2 aliphatic rings. The molecule has 102 valence electrons. The Labute approximate surface area is 112 Å². The van der Waals surface area contributed by atoms with Gasteiger partial charge in [-0.1, -0.05) is 6.08 Å². The summed E-state index contributed by atoms with van der Waals surface area (Å²) in [4.78, 5) is 15.3. The minimum absolute atomic E-state index is 0.0766. The van der Waals surface area contributed by atoms with Crippen molar-refractivity contribution in [1.29, 1.82) is 0 Å². The molecule has 19 heavy (non-hydrogen) atoms. The first kappa shape index (κ1) is 12.6. The SMILES string of the molecule is C=C[C@]12O[C@@H](n3ccc(N)nc3=O)[C@H](Cl)[C@@]1(O)C2O. The molecule has 0 spiro atoms. The van der Waals surface area contributed by atoms with E-state index >= 15 is 0 Å². The number of nitrogens with two attached hydrogens (primary N) is 1. The number of hydrogen-bond donors (Lipinski definition) is 3. The van der Waals surface area contributed by atoms with Gasteiger partial charge in [0.15, 0.2) is 11.8 Å². The minimum atomic E-state index is -1.65. The van der Waals surface area contributed by atoms with Gasteiger partial charge in [-0.3, -0.25) is 4.57 Å². The Morgan fingerprint density at radius 1 is 1.68 bits per heavy atom. The van der Waals surface area contributed by atoms with E-state index in [1.54, 1.807) is 0 Å². The Kier molecular flexibility index (Phi) is 2.37. The van der Waals surface area contributed by atoms with Gasteiger partial charge in [-0.05, 0) is 6.07 Å². The fourth-order valence-corrected chi connectivity index (χ4v) is 3.06. The highest BCUT2D eigenvalue weighted by atomic mass is 35.5. The number of hydrogen-bond acceptors (Lipinski definition) is 6. The predicted molar refractivity (Wildman–Crippen MR) is 66.6 cm³/mol. The zero-order chi connectivity index (χ0) is 14.0. The normalized spacial score (nSPS) is 43.8. The van der Waals surface area contributed by atoms with Crippen LogP contribution in [0.25, 0.3) is 0 Å². The first-order valence-electron chi connectivity index (χ1n) is 5.59. The van der Waals surface area contributed by atoms with E-state index in [2.05, 4.69) is 11.6 Å². The summed E-state index contributed by atoms with van der Waals surface area (Å²) < 4.78 is 6.66. The van der Waals surface area contributed by atoms with Crippen molar-refractivity contribution in [2.45, 2.75) is 28.9 Å². The van der Waals surface area contributed by atoms with E-state index in [9.17, 15) is 15.0 Å². The van der Waals surface area contributed by atoms with Gasteiger partial charge < -0.3 is 20.7 Å². The minimum Gasteiger partial charge on any atom is -0.386 e. The summed E-state index contributed by atoms with van der Waals surface area (Å²) in [6, 6.07) is 1.42. The molecule has 8 heteroatoms. The van der Waals surface area contributed by atoms with Gasteiger partial charge in [0.1, 0.15) is 22.9 Å². The molecule has 1 aromatic heterocycles. The molecule has 0 amide bonds. The van der Waals surface area contributed by atoms with Crippen molar-refractivity contribution < 1.29 is 14.9 Å². The third-order valence-corrected chi connectivity index (χ3v) is 4.33. The smallest absolute Gasteiger partial charge is 0.351 e. The topological polar surface area (TPSA) is 111 Å². The number of halogens is 1. The number of alkyl halides is 1. The second-order valence-corrected chi connectivity index (χ2v) is 5.15. The van der Waals surface area contributed by atoms with Gasteiger partial charge in [-0.25, -0.2) is 4.79 Å². The number of anilines is 1. The molecule has 1 saturated carbocycles. The van der Waals surface area contributed by atoms with Crippen molar-refractivity contribution >= 4 is 17.4 Å². The lowest BCUT2D eigenvalue weighted by molar-refractivity contribution is -0.0442. The molecule has 0 bridgehead atoms. The molecule has 1 aliphatic heterocycles. The van der Waals surface area contributed by atoms with Crippen LogP contribution in [0.1, 0.15) is 6.23 Å². The van der Waals surface area contributed by atoms with Crippen molar-refractivity contribution in [3.8, 4) is 0 Å². The number of nitrogen functional groups attached to an aromatic ring is 1. The number of nitrogens with zero attached hydrogens (tertiary/aromatic N) is 2. The highest BCUT2D eigenvalue weighted by molar-refractivity contribution is 6.22. The van der Waals surface area contributed by atoms with E-state index in [4.69, 9.17) is 22.1 Å². The van der Waals surface area contributed by atoms with Crippen molar-refractivity contribution in [3.63, 3.8) is 0 Å². The summed E-state index contributed by atoms with van der Waals surface area (Å²) in [5, 5.41) is 19.0. The van der Waals surface area contributed by atoms with E-state index in [-0.39, 0.29) is 5.82 Å². The first-order valence-corrected chi connectivity index (χ1v) is 6.02. The molecule has 5 atom stereocenters. The van der Waals surface area contributed by atoms with Crippen LogP contribution in [0.2, 0.25) is 0 Å². The van der Waals surface area contributed by atoms with Crippen LogP contribution in [0, 0.1) is 0 Å². The van der Waals surface area contributed by atoms with Crippen molar-refractivity contribution in [2.75, 3.05) is 5.73 Å². The van der Waals surface area contributed by atoms with Crippen molar-refractivity contribution in [3.05, 3.63) is 35.4 Å². The van der Waals surface area contributed by atoms with E-state index in [0.717, 1.165) is 4.57 Å². The number of rotatable bonds is 2. The van der Waals surface area contributed by atoms with Crippen LogP contribution in [-0.2, 0) is 4.74 Å².